The highest BCUT2D eigenvalue weighted by atomic mass is 19.2. The normalized spacial score (nSPS) is 10.4. The summed E-state index contributed by atoms with van der Waals surface area (Å²) in [5.41, 5.74) is 1.19. The molecule has 0 bridgehead atoms. The largest absolute Gasteiger partial charge is 0.494 e. The monoisotopic (exact) mass is 342 g/mol. The van der Waals surface area contributed by atoms with Crippen molar-refractivity contribution < 1.29 is 13.5 Å². The number of hydrogen-bond donors (Lipinski definition) is 2. The Morgan fingerprint density at radius 1 is 0.920 bits per heavy atom. The van der Waals surface area contributed by atoms with Crippen molar-refractivity contribution in [3.05, 3.63) is 66.4 Å². The van der Waals surface area contributed by atoms with Gasteiger partial charge in [-0.25, -0.2) is 13.8 Å². The van der Waals surface area contributed by atoms with Gasteiger partial charge in [-0.3, -0.25) is 0 Å². The maximum Gasteiger partial charge on any atom is 0.229 e. The summed E-state index contributed by atoms with van der Waals surface area (Å²) in [5.74, 6) is -0.228. The Kier molecular flexibility index (Phi) is 5.03. The van der Waals surface area contributed by atoms with E-state index in [1.807, 2.05) is 31.2 Å². The highest BCUT2D eigenvalue weighted by molar-refractivity contribution is 5.60. The van der Waals surface area contributed by atoms with E-state index in [0.29, 0.717) is 18.1 Å². The third-order valence-electron chi connectivity index (χ3n) is 3.27. The lowest BCUT2D eigenvalue weighted by Crippen LogP contribution is -2.01. The maximum atomic E-state index is 13.3. The minimum Gasteiger partial charge on any atom is -0.494 e. The standard InChI is InChI=1S/C18H16F2N4O/c1-2-25-14-6-3-12(4-7-14)22-17-9-10-21-18(24-17)23-13-5-8-15(19)16(20)11-13/h3-11H,2H2,1H3,(H2,21,22,23,24). The quantitative estimate of drug-likeness (QED) is 0.683. The van der Waals surface area contributed by atoms with Gasteiger partial charge >= 0.3 is 0 Å². The van der Waals surface area contributed by atoms with Crippen LogP contribution >= 0.6 is 0 Å². The van der Waals surface area contributed by atoms with E-state index in [1.54, 1.807) is 12.3 Å². The molecule has 0 unspecified atom stereocenters. The topological polar surface area (TPSA) is 59.1 Å². The van der Waals surface area contributed by atoms with Crippen LogP contribution in [0.3, 0.4) is 0 Å². The molecule has 1 aromatic heterocycles. The Balaban J connectivity index is 1.71. The molecule has 1 heterocycles. The Morgan fingerprint density at radius 3 is 2.40 bits per heavy atom. The zero-order chi connectivity index (χ0) is 17.6. The molecule has 7 heteroatoms. The van der Waals surface area contributed by atoms with Crippen molar-refractivity contribution in [3.63, 3.8) is 0 Å². The lowest BCUT2D eigenvalue weighted by atomic mass is 10.3. The number of benzene rings is 2. The lowest BCUT2D eigenvalue weighted by molar-refractivity contribution is 0.340. The van der Waals surface area contributed by atoms with Crippen LogP contribution in [0.15, 0.2) is 54.7 Å². The number of halogens is 2. The van der Waals surface area contributed by atoms with E-state index in [1.165, 1.54) is 6.07 Å². The molecule has 0 atom stereocenters. The Morgan fingerprint density at radius 2 is 1.68 bits per heavy atom. The van der Waals surface area contributed by atoms with Crippen LogP contribution in [0.2, 0.25) is 0 Å². The van der Waals surface area contributed by atoms with E-state index in [4.69, 9.17) is 4.74 Å². The molecule has 0 aliphatic rings. The highest BCUT2D eigenvalue weighted by Gasteiger charge is 2.05. The molecular weight excluding hydrogens is 326 g/mol. The average Bonchev–Trinajstić information content (AvgIpc) is 2.61. The predicted octanol–water partition coefficient (Wildman–Crippen LogP) is 4.64. The Bertz CT molecular complexity index is 856. The maximum absolute atomic E-state index is 13.3. The number of nitrogens with one attached hydrogen (secondary N) is 2. The molecule has 2 N–H and O–H groups in total. The van der Waals surface area contributed by atoms with Gasteiger partial charge in [-0.05, 0) is 49.4 Å². The van der Waals surface area contributed by atoms with Crippen LogP contribution in [-0.2, 0) is 0 Å². The summed E-state index contributed by atoms with van der Waals surface area (Å²) < 4.78 is 31.6. The van der Waals surface area contributed by atoms with Gasteiger partial charge in [0.05, 0.1) is 6.61 Å². The van der Waals surface area contributed by atoms with Crippen molar-refractivity contribution in [2.24, 2.45) is 0 Å². The van der Waals surface area contributed by atoms with Crippen molar-refractivity contribution in [3.8, 4) is 5.75 Å². The van der Waals surface area contributed by atoms with Crippen molar-refractivity contribution >= 4 is 23.1 Å². The number of rotatable bonds is 6. The van der Waals surface area contributed by atoms with Gasteiger partial charge in [0.2, 0.25) is 5.95 Å². The van der Waals surface area contributed by atoms with Crippen molar-refractivity contribution in [1.82, 2.24) is 9.97 Å². The molecule has 0 saturated carbocycles. The number of ether oxygens (including phenoxy) is 1. The molecule has 0 fully saturated rings. The van der Waals surface area contributed by atoms with Crippen LogP contribution in [0.25, 0.3) is 0 Å². The van der Waals surface area contributed by atoms with E-state index < -0.39 is 11.6 Å². The SMILES string of the molecule is CCOc1ccc(Nc2ccnc(Nc3ccc(F)c(F)c3)n2)cc1. The van der Waals surface area contributed by atoms with E-state index >= 15 is 0 Å². The minimum atomic E-state index is -0.936. The van der Waals surface area contributed by atoms with Gasteiger partial charge in [0.25, 0.3) is 0 Å². The fourth-order valence-corrected chi connectivity index (χ4v) is 2.14. The lowest BCUT2D eigenvalue weighted by Gasteiger charge is -2.09. The summed E-state index contributed by atoms with van der Waals surface area (Å²) in [7, 11) is 0. The van der Waals surface area contributed by atoms with E-state index in [0.717, 1.165) is 23.6 Å². The summed E-state index contributed by atoms with van der Waals surface area (Å²) in [4.78, 5) is 8.36. The first kappa shape index (κ1) is 16.6. The fourth-order valence-electron chi connectivity index (χ4n) is 2.14. The Hall–Kier alpha value is -3.22. The molecule has 5 nitrogen and oxygen atoms in total. The second-order valence-corrected chi connectivity index (χ2v) is 5.10. The van der Waals surface area contributed by atoms with E-state index in [9.17, 15) is 8.78 Å². The van der Waals surface area contributed by atoms with Crippen LogP contribution < -0.4 is 15.4 Å². The first-order valence-electron chi connectivity index (χ1n) is 7.69. The van der Waals surface area contributed by atoms with Crippen LogP contribution in [-0.4, -0.2) is 16.6 Å². The first-order valence-corrected chi connectivity index (χ1v) is 7.69. The van der Waals surface area contributed by atoms with Crippen LogP contribution in [0, 0.1) is 11.6 Å². The fraction of sp³-hybridized carbons (Fsp3) is 0.111. The molecule has 0 spiro atoms. The number of aromatic nitrogens is 2. The van der Waals surface area contributed by atoms with Gasteiger partial charge in [-0.2, -0.15) is 4.98 Å². The summed E-state index contributed by atoms with van der Waals surface area (Å²) in [6.07, 6.45) is 1.56. The smallest absolute Gasteiger partial charge is 0.229 e. The molecule has 3 aromatic rings. The molecule has 0 aliphatic heterocycles. The predicted molar refractivity (Wildman–Crippen MR) is 92.6 cm³/mol. The zero-order valence-electron chi connectivity index (χ0n) is 13.5. The second-order valence-electron chi connectivity index (χ2n) is 5.10. The molecular formula is C18H16F2N4O. The number of nitrogens with zero attached hydrogens (tertiary/aromatic N) is 2. The van der Waals surface area contributed by atoms with Crippen molar-refractivity contribution in [2.75, 3.05) is 17.2 Å². The van der Waals surface area contributed by atoms with Gasteiger partial charge in [-0.1, -0.05) is 0 Å². The molecule has 2 aromatic carbocycles. The van der Waals surface area contributed by atoms with Gasteiger partial charge < -0.3 is 15.4 Å². The van der Waals surface area contributed by atoms with Gasteiger partial charge in [0.1, 0.15) is 11.6 Å². The molecule has 25 heavy (non-hydrogen) atoms. The Labute approximate surface area is 143 Å². The molecule has 0 aliphatic carbocycles. The molecule has 3 rings (SSSR count). The summed E-state index contributed by atoms with van der Waals surface area (Å²) >= 11 is 0. The molecule has 128 valence electrons. The van der Waals surface area contributed by atoms with Crippen molar-refractivity contribution in [1.29, 1.82) is 0 Å². The second kappa shape index (κ2) is 7.57. The van der Waals surface area contributed by atoms with Crippen LogP contribution in [0.5, 0.6) is 5.75 Å². The van der Waals surface area contributed by atoms with Crippen LogP contribution in [0.4, 0.5) is 31.9 Å². The van der Waals surface area contributed by atoms with Gasteiger partial charge in [-0.15, -0.1) is 0 Å². The van der Waals surface area contributed by atoms with Gasteiger partial charge in [0, 0.05) is 23.6 Å². The first-order chi connectivity index (χ1) is 12.1. The van der Waals surface area contributed by atoms with E-state index in [2.05, 4.69) is 20.6 Å². The zero-order valence-corrected chi connectivity index (χ0v) is 13.5. The summed E-state index contributed by atoms with van der Waals surface area (Å²) in [5, 5.41) is 5.97. The van der Waals surface area contributed by atoms with Gasteiger partial charge in [0.15, 0.2) is 11.6 Å². The number of hydrogen-bond acceptors (Lipinski definition) is 5. The third kappa shape index (κ3) is 4.41. The summed E-state index contributed by atoms with van der Waals surface area (Å²) in [6.45, 7) is 2.53. The molecule has 0 radical (unpaired) electrons. The highest BCUT2D eigenvalue weighted by Crippen LogP contribution is 2.21. The van der Waals surface area contributed by atoms with Crippen molar-refractivity contribution in [2.45, 2.75) is 6.92 Å². The molecule has 0 saturated heterocycles. The number of anilines is 4. The minimum absolute atomic E-state index is 0.266. The van der Waals surface area contributed by atoms with Crippen LogP contribution in [0.1, 0.15) is 6.92 Å². The third-order valence-corrected chi connectivity index (χ3v) is 3.27. The summed E-state index contributed by atoms with van der Waals surface area (Å²) in [6, 6.07) is 12.7. The average molecular weight is 342 g/mol. The van der Waals surface area contributed by atoms with E-state index in [-0.39, 0.29) is 5.95 Å². The molecule has 0 amide bonds.